The Bertz CT molecular complexity index is 700. The van der Waals surface area contributed by atoms with Crippen molar-refractivity contribution >= 4 is 17.7 Å². The number of carbonyl (C=O) groups is 1. The van der Waals surface area contributed by atoms with E-state index < -0.39 is 11.7 Å². The molecule has 0 radical (unpaired) electrons. The zero-order valence-corrected chi connectivity index (χ0v) is 15.1. The van der Waals surface area contributed by atoms with E-state index in [0.29, 0.717) is 19.6 Å². The molecule has 0 aromatic heterocycles. The molecule has 2 aromatic rings. The van der Waals surface area contributed by atoms with Gasteiger partial charge in [0, 0.05) is 11.4 Å². The van der Waals surface area contributed by atoms with E-state index in [9.17, 15) is 18.0 Å². The summed E-state index contributed by atoms with van der Waals surface area (Å²) in [5.74, 6) is 0.953. The molecule has 7 heteroatoms. The maximum Gasteiger partial charge on any atom is 0.416 e. The molecule has 2 aromatic carbocycles. The first-order valence-electron chi connectivity index (χ1n) is 8.17. The number of ether oxygens (including phenoxy) is 1. The molecule has 0 saturated heterocycles. The number of carbonyl (C=O) groups excluding carboxylic acids is 1. The van der Waals surface area contributed by atoms with Crippen molar-refractivity contribution in [2.24, 2.45) is 0 Å². The number of amides is 1. The number of benzene rings is 2. The summed E-state index contributed by atoms with van der Waals surface area (Å²) < 4.78 is 42.8. The molecule has 140 valence electrons. The Balaban J connectivity index is 1.70. The lowest BCUT2D eigenvalue weighted by molar-refractivity contribution is -0.137. The van der Waals surface area contributed by atoms with Crippen molar-refractivity contribution in [3.63, 3.8) is 0 Å². The van der Waals surface area contributed by atoms with E-state index in [2.05, 4.69) is 5.32 Å². The van der Waals surface area contributed by atoms with Crippen molar-refractivity contribution in [2.45, 2.75) is 24.4 Å². The van der Waals surface area contributed by atoms with Crippen molar-refractivity contribution in [3.05, 3.63) is 59.7 Å². The number of rotatable bonds is 8. The van der Waals surface area contributed by atoms with Crippen LogP contribution in [0.2, 0.25) is 0 Å². The summed E-state index contributed by atoms with van der Waals surface area (Å²) in [6.45, 7) is 2.90. The number of thioether (sulfide) groups is 1. The summed E-state index contributed by atoms with van der Waals surface area (Å²) >= 11 is 1.41. The Morgan fingerprint density at radius 2 is 1.73 bits per heavy atom. The highest BCUT2D eigenvalue weighted by Gasteiger charge is 2.29. The Labute approximate surface area is 154 Å². The largest absolute Gasteiger partial charge is 0.494 e. The molecule has 1 N–H and O–H groups in total. The van der Waals surface area contributed by atoms with Gasteiger partial charge in [-0.25, -0.2) is 0 Å². The highest BCUT2D eigenvalue weighted by Crippen LogP contribution is 2.29. The minimum absolute atomic E-state index is 0.115. The predicted octanol–water partition coefficient (Wildman–Crippen LogP) is 4.56. The summed E-state index contributed by atoms with van der Waals surface area (Å²) in [6.07, 6.45) is -3.84. The van der Waals surface area contributed by atoms with Gasteiger partial charge < -0.3 is 10.1 Å². The van der Waals surface area contributed by atoms with Gasteiger partial charge in [-0.2, -0.15) is 13.2 Å². The summed E-state index contributed by atoms with van der Waals surface area (Å²) in [4.78, 5) is 12.8. The molecule has 3 nitrogen and oxygen atoms in total. The molecular formula is C19H20F3NO2S. The Hall–Kier alpha value is -2.15. The first kappa shape index (κ1) is 20.2. The molecule has 2 rings (SSSR count). The molecule has 0 saturated carbocycles. The van der Waals surface area contributed by atoms with E-state index >= 15 is 0 Å². The summed E-state index contributed by atoms with van der Waals surface area (Å²) in [6, 6.07) is 12.5. The van der Waals surface area contributed by atoms with Gasteiger partial charge in [0.1, 0.15) is 5.75 Å². The van der Waals surface area contributed by atoms with Gasteiger partial charge in [0.2, 0.25) is 5.91 Å². The minimum Gasteiger partial charge on any atom is -0.494 e. The molecule has 26 heavy (non-hydrogen) atoms. The zero-order chi connectivity index (χ0) is 19.0. The summed E-state index contributed by atoms with van der Waals surface area (Å²) in [5.41, 5.74) is 0.0782. The maximum atomic E-state index is 12.5. The topological polar surface area (TPSA) is 38.3 Å². The molecule has 1 amide bonds. The third-order valence-electron chi connectivity index (χ3n) is 3.52. The second kappa shape index (κ2) is 9.52. The SMILES string of the molecule is CCOc1ccc(SCC(=O)NCCc2ccc(C(F)(F)F)cc2)cc1. The van der Waals surface area contributed by atoms with Crippen molar-refractivity contribution in [1.29, 1.82) is 0 Å². The summed E-state index contributed by atoms with van der Waals surface area (Å²) in [5, 5.41) is 2.77. The normalized spacial score (nSPS) is 11.2. The average molecular weight is 383 g/mol. The van der Waals surface area contributed by atoms with Gasteiger partial charge in [0.05, 0.1) is 17.9 Å². The lowest BCUT2D eigenvalue weighted by Crippen LogP contribution is -2.27. The average Bonchev–Trinajstić information content (AvgIpc) is 2.61. The van der Waals surface area contributed by atoms with Gasteiger partial charge in [-0.05, 0) is 55.3 Å². The van der Waals surface area contributed by atoms with E-state index in [1.54, 1.807) is 0 Å². The molecule has 0 heterocycles. The number of alkyl halides is 3. The van der Waals surface area contributed by atoms with Crippen molar-refractivity contribution in [3.8, 4) is 5.75 Å². The maximum absolute atomic E-state index is 12.5. The number of nitrogens with one attached hydrogen (secondary N) is 1. The van der Waals surface area contributed by atoms with Crippen molar-refractivity contribution in [1.82, 2.24) is 5.32 Å². The molecule has 0 spiro atoms. The van der Waals surface area contributed by atoms with Crippen LogP contribution in [-0.4, -0.2) is 24.8 Å². The number of hydrogen-bond donors (Lipinski definition) is 1. The van der Waals surface area contributed by atoms with Crippen LogP contribution in [0.1, 0.15) is 18.1 Å². The van der Waals surface area contributed by atoms with E-state index in [1.807, 2.05) is 31.2 Å². The van der Waals surface area contributed by atoms with Crippen LogP contribution in [0.3, 0.4) is 0 Å². The van der Waals surface area contributed by atoms with Gasteiger partial charge in [-0.3, -0.25) is 4.79 Å². The molecular weight excluding hydrogens is 363 g/mol. The minimum atomic E-state index is -4.33. The third-order valence-corrected chi connectivity index (χ3v) is 4.53. The highest BCUT2D eigenvalue weighted by atomic mass is 32.2. The zero-order valence-electron chi connectivity index (χ0n) is 14.3. The lowest BCUT2D eigenvalue weighted by atomic mass is 10.1. The summed E-state index contributed by atoms with van der Waals surface area (Å²) in [7, 11) is 0. The predicted molar refractivity (Wildman–Crippen MR) is 96.5 cm³/mol. The Morgan fingerprint density at radius 3 is 2.31 bits per heavy atom. The van der Waals surface area contributed by atoms with Gasteiger partial charge >= 0.3 is 6.18 Å². The van der Waals surface area contributed by atoms with Crippen LogP contribution in [0, 0.1) is 0 Å². The smallest absolute Gasteiger partial charge is 0.416 e. The fourth-order valence-electron chi connectivity index (χ4n) is 2.21. The van der Waals surface area contributed by atoms with Gasteiger partial charge in [-0.1, -0.05) is 12.1 Å². The molecule has 0 atom stereocenters. The molecule has 0 bridgehead atoms. The van der Waals surface area contributed by atoms with E-state index in [1.165, 1.54) is 23.9 Å². The van der Waals surface area contributed by atoms with E-state index in [0.717, 1.165) is 28.3 Å². The Kier molecular flexibility index (Phi) is 7.38. The molecule has 0 aliphatic carbocycles. The number of hydrogen-bond acceptors (Lipinski definition) is 3. The second-order valence-electron chi connectivity index (χ2n) is 5.49. The van der Waals surface area contributed by atoms with Crippen molar-refractivity contribution < 1.29 is 22.7 Å². The lowest BCUT2D eigenvalue weighted by Gasteiger charge is -2.08. The molecule has 0 aliphatic heterocycles. The second-order valence-corrected chi connectivity index (χ2v) is 6.54. The first-order chi connectivity index (χ1) is 12.4. The van der Waals surface area contributed by atoms with Crippen LogP contribution < -0.4 is 10.1 Å². The first-order valence-corrected chi connectivity index (χ1v) is 9.15. The van der Waals surface area contributed by atoms with Crippen LogP contribution >= 0.6 is 11.8 Å². The Morgan fingerprint density at radius 1 is 1.08 bits per heavy atom. The van der Waals surface area contributed by atoms with Gasteiger partial charge in [0.15, 0.2) is 0 Å². The molecule has 0 aliphatic rings. The third kappa shape index (κ3) is 6.63. The van der Waals surface area contributed by atoms with E-state index in [4.69, 9.17) is 4.74 Å². The fourth-order valence-corrected chi connectivity index (χ4v) is 2.93. The fraction of sp³-hybridized carbons (Fsp3) is 0.316. The number of halogens is 3. The van der Waals surface area contributed by atoms with Crippen LogP contribution in [0.5, 0.6) is 5.75 Å². The van der Waals surface area contributed by atoms with Crippen LogP contribution in [-0.2, 0) is 17.4 Å². The highest BCUT2D eigenvalue weighted by molar-refractivity contribution is 8.00. The van der Waals surface area contributed by atoms with Crippen LogP contribution in [0.15, 0.2) is 53.4 Å². The van der Waals surface area contributed by atoms with Gasteiger partial charge in [0.25, 0.3) is 0 Å². The van der Waals surface area contributed by atoms with Crippen molar-refractivity contribution in [2.75, 3.05) is 18.9 Å². The quantitative estimate of drug-likeness (QED) is 0.680. The molecule has 0 unspecified atom stereocenters. The molecule has 0 fully saturated rings. The standard InChI is InChI=1S/C19H20F3NO2S/c1-2-25-16-7-9-17(10-8-16)26-13-18(24)23-12-11-14-3-5-15(6-4-14)19(20,21)22/h3-10H,2,11-13H2,1H3,(H,23,24). The monoisotopic (exact) mass is 383 g/mol. The van der Waals surface area contributed by atoms with E-state index in [-0.39, 0.29) is 11.7 Å². The van der Waals surface area contributed by atoms with Gasteiger partial charge in [-0.15, -0.1) is 11.8 Å². The van der Waals surface area contributed by atoms with Crippen LogP contribution in [0.4, 0.5) is 13.2 Å². The van der Waals surface area contributed by atoms with Crippen LogP contribution in [0.25, 0.3) is 0 Å².